The van der Waals surface area contributed by atoms with E-state index >= 15 is 0 Å². The third kappa shape index (κ3) is 1.25. The van der Waals surface area contributed by atoms with Crippen molar-refractivity contribution >= 4 is 11.2 Å². The average Bonchev–Trinajstić information content (AvgIpc) is 2.07. The Morgan fingerprint density at radius 1 is 1.00 bits per heavy atom. The third-order valence-corrected chi connectivity index (χ3v) is 1.92. The van der Waals surface area contributed by atoms with Gasteiger partial charge in [0.2, 0.25) is 11.0 Å². The van der Waals surface area contributed by atoms with Crippen LogP contribution in [0.1, 0.15) is 11.3 Å². The molecule has 4 nitrogen and oxygen atoms in total. The molecule has 0 aliphatic heterocycles. The Balaban J connectivity index is 3.10. The molecule has 4 heteroatoms. The van der Waals surface area contributed by atoms with Crippen molar-refractivity contribution < 1.29 is 8.83 Å². The van der Waals surface area contributed by atoms with Gasteiger partial charge in [0, 0.05) is 17.7 Å². The van der Waals surface area contributed by atoms with Crippen LogP contribution < -0.4 is 11.1 Å². The lowest BCUT2D eigenvalue weighted by molar-refractivity contribution is 0.512. The summed E-state index contributed by atoms with van der Waals surface area (Å²) in [6, 6.07) is 2.59. The number of rotatable bonds is 0. The maximum atomic E-state index is 11.4. The Morgan fingerprint density at radius 3 is 2.43 bits per heavy atom. The molecule has 0 atom stereocenters. The molecule has 0 saturated carbocycles. The van der Waals surface area contributed by atoms with E-state index in [2.05, 4.69) is 0 Å². The van der Waals surface area contributed by atoms with Crippen molar-refractivity contribution in [3.8, 4) is 0 Å². The summed E-state index contributed by atoms with van der Waals surface area (Å²) in [4.78, 5) is 22.4. The van der Waals surface area contributed by atoms with Crippen LogP contribution in [-0.2, 0) is 0 Å². The normalized spacial score (nSPS) is 10.7. The first-order valence-corrected chi connectivity index (χ1v) is 4.13. The second-order valence-corrected chi connectivity index (χ2v) is 3.13. The van der Waals surface area contributed by atoms with Gasteiger partial charge in [-0.3, -0.25) is 4.79 Å². The predicted molar refractivity (Wildman–Crippen MR) is 50.5 cm³/mol. The summed E-state index contributed by atoms with van der Waals surface area (Å²) < 4.78 is 10.1. The molecule has 0 unspecified atom stereocenters. The molecule has 0 radical (unpaired) electrons. The summed E-state index contributed by atoms with van der Waals surface area (Å²) in [5.74, 6) is 0.499. The lowest BCUT2D eigenvalue weighted by Crippen LogP contribution is -2.07. The Hall–Kier alpha value is -1.84. The Bertz CT molecular complexity index is 604. The van der Waals surface area contributed by atoms with Gasteiger partial charge in [0.15, 0.2) is 5.58 Å². The smallest absolute Gasteiger partial charge is 0.336 e. The SMILES string of the molecule is Cc1cc(=O)c2oc(=O)cc(C)c2o1. The molecule has 0 spiro atoms. The van der Waals surface area contributed by atoms with Gasteiger partial charge in [-0.2, -0.15) is 0 Å². The van der Waals surface area contributed by atoms with Crippen molar-refractivity contribution in [2.75, 3.05) is 0 Å². The van der Waals surface area contributed by atoms with Crippen LogP contribution >= 0.6 is 0 Å². The van der Waals surface area contributed by atoms with Gasteiger partial charge in [-0.1, -0.05) is 0 Å². The number of hydrogen-bond acceptors (Lipinski definition) is 4. The zero-order valence-electron chi connectivity index (χ0n) is 7.79. The molecule has 2 heterocycles. The van der Waals surface area contributed by atoms with E-state index in [-0.39, 0.29) is 11.0 Å². The van der Waals surface area contributed by atoms with Crippen molar-refractivity contribution in [2.24, 2.45) is 0 Å². The molecule has 14 heavy (non-hydrogen) atoms. The highest BCUT2D eigenvalue weighted by molar-refractivity contribution is 5.72. The van der Waals surface area contributed by atoms with Crippen molar-refractivity contribution in [2.45, 2.75) is 13.8 Å². The molecule has 2 aromatic rings. The number of aryl methyl sites for hydroxylation is 2. The van der Waals surface area contributed by atoms with Gasteiger partial charge >= 0.3 is 5.63 Å². The second-order valence-electron chi connectivity index (χ2n) is 3.13. The quantitative estimate of drug-likeness (QED) is 0.632. The lowest BCUT2D eigenvalue weighted by Gasteiger charge is -1.99. The van der Waals surface area contributed by atoms with Gasteiger partial charge in [-0.25, -0.2) is 4.79 Å². The third-order valence-electron chi connectivity index (χ3n) is 1.92. The fourth-order valence-corrected chi connectivity index (χ4v) is 1.33. The van der Waals surface area contributed by atoms with Crippen molar-refractivity contribution in [1.29, 1.82) is 0 Å². The summed E-state index contributed by atoms with van der Waals surface area (Å²) in [5.41, 5.74) is 0.0722. The molecule has 0 aromatic carbocycles. The predicted octanol–water partition coefficient (Wildman–Crippen LogP) is 1.36. The van der Waals surface area contributed by atoms with Gasteiger partial charge in [0.1, 0.15) is 5.76 Å². The Kier molecular flexibility index (Phi) is 1.77. The molecule has 0 amide bonds. The zero-order valence-corrected chi connectivity index (χ0v) is 7.79. The van der Waals surface area contributed by atoms with E-state index in [0.717, 1.165) is 0 Å². The minimum Gasteiger partial charge on any atom is -0.458 e. The molecule has 2 aromatic heterocycles. The summed E-state index contributed by atoms with van der Waals surface area (Å²) in [5, 5.41) is 0. The molecular weight excluding hydrogens is 184 g/mol. The standard InChI is InChI=1S/C10H8O4/c1-5-3-8(12)14-10-7(11)4-6(2)13-9(5)10/h3-4H,1-2H3. The fourth-order valence-electron chi connectivity index (χ4n) is 1.33. The van der Waals surface area contributed by atoms with Crippen LogP contribution in [0.4, 0.5) is 0 Å². The van der Waals surface area contributed by atoms with E-state index in [1.54, 1.807) is 13.8 Å². The van der Waals surface area contributed by atoms with Crippen molar-refractivity contribution in [3.05, 3.63) is 44.1 Å². The fraction of sp³-hybridized carbons (Fsp3) is 0.200. The van der Waals surface area contributed by atoms with Crippen LogP contribution in [-0.4, -0.2) is 0 Å². The molecule has 0 bridgehead atoms. The van der Waals surface area contributed by atoms with Gasteiger partial charge in [0.05, 0.1) is 0 Å². The van der Waals surface area contributed by atoms with E-state index in [4.69, 9.17) is 8.83 Å². The molecule has 0 saturated heterocycles. The van der Waals surface area contributed by atoms with Crippen LogP contribution in [0.5, 0.6) is 0 Å². The van der Waals surface area contributed by atoms with E-state index in [9.17, 15) is 9.59 Å². The first kappa shape index (κ1) is 8.74. The lowest BCUT2D eigenvalue weighted by atomic mass is 10.2. The maximum Gasteiger partial charge on any atom is 0.336 e. The molecule has 0 aliphatic carbocycles. The number of fused-ring (bicyclic) bond motifs is 1. The van der Waals surface area contributed by atoms with Gasteiger partial charge in [0.25, 0.3) is 0 Å². The highest BCUT2D eigenvalue weighted by Gasteiger charge is 2.08. The van der Waals surface area contributed by atoms with Gasteiger partial charge < -0.3 is 8.83 Å². The summed E-state index contributed by atoms with van der Waals surface area (Å²) in [6.45, 7) is 3.37. The van der Waals surface area contributed by atoms with Crippen LogP contribution in [0.3, 0.4) is 0 Å². The summed E-state index contributed by atoms with van der Waals surface area (Å²) in [7, 11) is 0. The molecule has 0 N–H and O–H groups in total. The van der Waals surface area contributed by atoms with E-state index in [0.29, 0.717) is 16.9 Å². The monoisotopic (exact) mass is 192 g/mol. The molecule has 72 valence electrons. The first-order valence-electron chi connectivity index (χ1n) is 4.13. The first-order chi connectivity index (χ1) is 6.58. The topological polar surface area (TPSA) is 60.4 Å². The average molecular weight is 192 g/mol. The minimum absolute atomic E-state index is 0.0133. The Morgan fingerprint density at radius 2 is 1.71 bits per heavy atom. The van der Waals surface area contributed by atoms with Crippen molar-refractivity contribution in [3.63, 3.8) is 0 Å². The van der Waals surface area contributed by atoms with Crippen LogP contribution in [0.15, 0.2) is 30.6 Å². The Labute approximate surface area is 78.8 Å². The highest BCUT2D eigenvalue weighted by atomic mass is 16.4. The van der Waals surface area contributed by atoms with Crippen LogP contribution in [0.2, 0.25) is 0 Å². The summed E-state index contributed by atoms with van der Waals surface area (Å²) in [6.07, 6.45) is 0. The zero-order chi connectivity index (χ0) is 10.3. The molecule has 0 aliphatic rings. The van der Waals surface area contributed by atoms with Crippen LogP contribution in [0.25, 0.3) is 11.2 Å². The van der Waals surface area contributed by atoms with Crippen LogP contribution in [0, 0.1) is 13.8 Å². The second kappa shape index (κ2) is 2.83. The van der Waals surface area contributed by atoms with Gasteiger partial charge in [-0.15, -0.1) is 0 Å². The van der Waals surface area contributed by atoms with E-state index in [1.165, 1.54) is 12.1 Å². The largest absolute Gasteiger partial charge is 0.458 e. The molecule has 2 rings (SSSR count). The summed E-state index contributed by atoms with van der Waals surface area (Å²) >= 11 is 0. The highest BCUT2D eigenvalue weighted by Crippen LogP contribution is 2.13. The molecule has 0 fully saturated rings. The van der Waals surface area contributed by atoms with Crippen molar-refractivity contribution in [1.82, 2.24) is 0 Å². The van der Waals surface area contributed by atoms with E-state index < -0.39 is 5.63 Å². The number of hydrogen-bond donors (Lipinski definition) is 0. The molecular formula is C10H8O4. The van der Waals surface area contributed by atoms with Gasteiger partial charge in [-0.05, 0) is 13.8 Å². The minimum atomic E-state index is -0.536. The van der Waals surface area contributed by atoms with E-state index in [1.807, 2.05) is 0 Å². The maximum absolute atomic E-state index is 11.4.